The third-order valence-electron chi connectivity index (χ3n) is 6.17. The van der Waals surface area contributed by atoms with E-state index in [0.29, 0.717) is 12.0 Å². The van der Waals surface area contributed by atoms with Crippen molar-refractivity contribution >= 4 is 22.7 Å². The Hall–Kier alpha value is -2.88. The van der Waals surface area contributed by atoms with Crippen molar-refractivity contribution in [3.8, 4) is 0 Å². The summed E-state index contributed by atoms with van der Waals surface area (Å²) in [7, 11) is 0. The highest BCUT2D eigenvalue weighted by atomic mass is 16.4. The molecule has 4 nitrogen and oxygen atoms in total. The molecule has 4 heteroatoms. The van der Waals surface area contributed by atoms with E-state index in [4.69, 9.17) is 4.42 Å². The number of aliphatic carboxylic acids is 1. The minimum atomic E-state index is -0.901. The number of fused-ring (bicyclic) bond motifs is 3. The monoisotopic (exact) mass is 404 g/mol. The summed E-state index contributed by atoms with van der Waals surface area (Å²) in [6, 6.07) is 15.6. The highest BCUT2D eigenvalue weighted by Gasteiger charge is 2.23. The number of rotatable bonds is 8. The molecular weight excluding hydrogens is 376 g/mol. The van der Waals surface area contributed by atoms with Crippen molar-refractivity contribution in [2.24, 2.45) is 5.92 Å². The van der Waals surface area contributed by atoms with Crippen molar-refractivity contribution in [3.05, 3.63) is 71.0 Å². The van der Waals surface area contributed by atoms with Gasteiger partial charge < -0.3 is 9.52 Å². The van der Waals surface area contributed by atoms with Crippen LogP contribution < -0.4 is 0 Å². The molecular formula is C26H28O4. The van der Waals surface area contributed by atoms with E-state index in [1.165, 1.54) is 24.0 Å². The molecule has 1 atom stereocenters. The standard InChI is InChI=1S/C26H28O4/c27-23(16-20(26(28)29)11-7-10-18-8-3-1-4-9-18)19-14-15-22-21-12-5-2-6-13-24(21)30-25(22)17-19/h1,3-4,8-9,14-15,17,20H,2,5-7,10-13,16H2,(H,28,29). The fourth-order valence-electron chi connectivity index (χ4n) is 4.47. The van der Waals surface area contributed by atoms with Crippen LogP contribution >= 0.6 is 0 Å². The van der Waals surface area contributed by atoms with Gasteiger partial charge in [0.2, 0.25) is 0 Å². The number of furan rings is 1. The average molecular weight is 405 g/mol. The third-order valence-corrected chi connectivity index (χ3v) is 6.17. The molecule has 0 saturated carbocycles. The van der Waals surface area contributed by atoms with E-state index in [1.807, 2.05) is 42.5 Å². The van der Waals surface area contributed by atoms with E-state index in [2.05, 4.69) is 0 Å². The first-order valence-electron chi connectivity index (χ1n) is 11.0. The number of carbonyl (C=O) groups is 2. The van der Waals surface area contributed by atoms with Gasteiger partial charge in [0, 0.05) is 29.4 Å². The zero-order valence-electron chi connectivity index (χ0n) is 17.2. The Morgan fingerprint density at radius 1 is 1.00 bits per heavy atom. The lowest BCUT2D eigenvalue weighted by Gasteiger charge is -2.12. The highest BCUT2D eigenvalue weighted by Crippen LogP contribution is 2.32. The number of hydrogen-bond donors (Lipinski definition) is 1. The second kappa shape index (κ2) is 9.29. The average Bonchev–Trinajstić information content (AvgIpc) is 2.93. The molecule has 0 bridgehead atoms. The lowest BCUT2D eigenvalue weighted by Crippen LogP contribution is -2.18. The van der Waals surface area contributed by atoms with Gasteiger partial charge in [-0.05, 0) is 50.2 Å². The Morgan fingerprint density at radius 2 is 1.80 bits per heavy atom. The number of hydrogen-bond acceptors (Lipinski definition) is 3. The second-order valence-corrected chi connectivity index (χ2v) is 8.32. The molecule has 4 rings (SSSR count). The summed E-state index contributed by atoms with van der Waals surface area (Å²) in [6.07, 6.45) is 7.61. The van der Waals surface area contributed by atoms with Gasteiger partial charge in [-0.25, -0.2) is 0 Å². The fraction of sp³-hybridized carbons (Fsp3) is 0.385. The largest absolute Gasteiger partial charge is 0.481 e. The van der Waals surface area contributed by atoms with Crippen LogP contribution in [0.15, 0.2) is 52.9 Å². The zero-order chi connectivity index (χ0) is 20.9. The van der Waals surface area contributed by atoms with E-state index < -0.39 is 11.9 Å². The second-order valence-electron chi connectivity index (χ2n) is 8.32. The number of ketones is 1. The number of Topliss-reactive ketones (excluding diaryl/α,β-unsaturated/α-hetero) is 1. The molecule has 0 fully saturated rings. The maximum Gasteiger partial charge on any atom is 0.306 e. The molecule has 1 aliphatic rings. The number of carboxylic acid groups (broad SMARTS) is 1. The van der Waals surface area contributed by atoms with Gasteiger partial charge in [0.15, 0.2) is 5.78 Å². The summed E-state index contributed by atoms with van der Waals surface area (Å²) in [5.41, 5.74) is 3.77. The van der Waals surface area contributed by atoms with Gasteiger partial charge in [-0.1, -0.05) is 48.9 Å². The Balaban J connectivity index is 1.43. The van der Waals surface area contributed by atoms with Crippen LogP contribution in [0.5, 0.6) is 0 Å². The number of carbonyl (C=O) groups excluding carboxylic acids is 1. The van der Waals surface area contributed by atoms with E-state index in [1.54, 1.807) is 6.07 Å². The van der Waals surface area contributed by atoms with Crippen molar-refractivity contribution in [2.75, 3.05) is 0 Å². The molecule has 0 spiro atoms. The quantitative estimate of drug-likeness (QED) is 0.369. The number of carboxylic acids is 1. The van der Waals surface area contributed by atoms with Crippen LogP contribution in [0, 0.1) is 5.92 Å². The Kier molecular flexibility index (Phi) is 6.32. The van der Waals surface area contributed by atoms with Crippen molar-refractivity contribution in [3.63, 3.8) is 0 Å². The van der Waals surface area contributed by atoms with Gasteiger partial charge in [0.25, 0.3) is 0 Å². The lowest BCUT2D eigenvalue weighted by molar-refractivity contribution is -0.141. The first-order chi connectivity index (χ1) is 14.6. The molecule has 0 aliphatic heterocycles. The molecule has 1 aromatic heterocycles. The molecule has 3 aromatic rings. The summed E-state index contributed by atoms with van der Waals surface area (Å²) in [4.78, 5) is 24.5. The smallest absolute Gasteiger partial charge is 0.306 e. The van der Waals surface area contributed by atoms with Crippen LogP contribution in [0.2, 0.25) is 0 Å². The maximum atomic E-state index is 12.8. The van der Waals surface area contributed by atoms with Crippen LogP contribution in [0.4, 0.5) is 0 Å². The minimum absolute atomic E-state index is 0.0239. The summed E-state index contributed by atoms with van der Waals surface area (Å²) in [5.74, 6) is -0.639. The van der Waals surface area contributed by atoms with Crippen molar-refractivity contribution in [2.45, 2.75) is 57.8 Å². The van der Waals surface area contributed by atoms with E-state index in [9.17, 15) is 14.7 Å². The predicted molar refractivity (Wildman–Crippen MR) is 117 cm³/mol. The number of aryl methyl sites for hydroxylation is 3. The van der Waals surface area contributed by atoms with Gasteiger partial charge in [0.1, 0.15) is 11.3 Å². The molecule has 30 heavy (non-hydrogen) atoms. The number of benzene rings is 2. The first kappa shape index (κ1) is 20.4. The van der Waals surface area contributed by atoms with E-state index in [-0.39, 0.29) is 12.2 Å². The first-order valence-corrected chi connectivity index (χ1v) is 11.0. The molecule has 2 aromatic carbocycles. The fourth-order valence-corrected chi connectivity index (χ4v) is 4.47. The lowest BCUT2D eigenvalue weighted by atomic mass is 9.92. The van der Waals surface area contributed by atoms with Crippen LogP contribution in [0.25, 0.3) is 11.0 Å². The van der Waals surface area contributed by atoms with E-state index >= 15 is 0 Å². The van der Waals surface area contributed by atoms with Crippen LogP contribution in [-0.4, -0.2) is 16.9 Å². The summed E-state index contributed by atoms with van der Waals surface area (Å²) < 4.78 is 6.06. The topological polar surface area (TPSA) is 67.5 Å². The van der Waals surface area contributed by atoms with Crippen molar-refractivity contribution < 1.29 is 19.1 Å². The van der Waals surface area contributed by atoms with Crippen LogP contribution in [-0.2, 0) is 24.1 Å². The van der Waals surface area contributed by atoms with Gasteiger partial charge in [-0.15, -0.1) is 0 Å². The summed E-state index contributed by atoms with van der Waals surface area (Å²) in [5, 5.41) is 10.7. The van der Waals surface area contributed by atoms with Crippen LogP contribution in [0.1, 0.15) is 65.8 Å². The summed E-state index contributed by atoms with van der Waals surface area (Å²) in [6.45, 7) is 0. The zero-order valence-corrected chi connectivity index (χ0v) is 17.2. The molecule has 1 heterocycles. The van der Waals surface area contributed by atoms with Gasteiger partial charge >= 0.3 is 5.97 Å². The summed E-state index contributed by atoms with van der Waals surface area (Å²) >= 11 is 0. The molecule has 0 radical (unpaired) electrons. The van der Waals surface area contributed by atoms with Crippen LogP contribution in [0.3, 0.4) is 0 Å². The molecule has 1 aliphatic carbocycles. The molecule has 0 amide bonds. The van der Waals surface area contributed by atoms with Gasteiger partial charge in [0.05, 0.1) is 5.92 Å². The van der Waals surface area contributed by atoms with Gasteiger partial charge in [-0.2, -0.15) is 0 Å². The minimum Gasteiger partial charge on any atom is -0.481 e. The van der Waals surface area contributed by atoms with E-state index in [0.717, 1.165) is 48.8 Å². The Labute approximate surface area is 176 Å². The highest BCUT2D eigenvalue weighted by molar-refractivity contribution is 6.01. The third kappa shape index (κ3) is 4.64. The molecule has 1 unspecified atom stereocenters. The molecule has 156 valence electrons. The SMILES string of the molecule is O=C(CC(CCCc1ccccc1)C(=O)O)c1ccc2c3c(oc2c1)CCCCC3. The predicted octanol–water partition coefficient (Wildman–Crippen LogP) is 6.00. The normalized spacial score (nSPS) is 14.8. The van der Waals surface area contributed by atoms with Crippen molar-refractivity contribution in [1.29, 1.82) is 0 Å². The van der Waals surface area contributed by atoms with Crippen molar-refractivity contribution in [1.82, 2.24) is 0 Å². The Morgan fingerprint density at radius 3 is 2.60 bits per heavy atom. The van der Waals surface area contributed by atoms with Gasteiger partial charge in [-0.3, -0.25) is 9.59 Å². The molecule has 1 N–H and O–H groups in total. The molecule has 0 saturated heterocycles. The Bertz CT molecular complexity index is 1030. The maximum absolute atomic E-state index is 12.8.